The van der Waals surface area contributed by atoms with Crippen LogP contribution in [0.2, 0.25) is 0 Å². The van der Waals surface area contributed by atoms with Crippen molar-refractivity contribution >= 4 is 18.6 Å². The first-order valence-electron chi connectivity index (χ1n) is 7.69. The zero-order valence-electron chi connectivity index (χ0n) is 13.8. The van der Waals surface area contributed by atoms with E-state index in [1.807, 2.05) is 33.8 Å². The van der Waals surface area contributed by atoms with Crippen LogP contribution in [0, 0.1) is 0 Å². The molecule has 1 aliphatic heterocycles. The van der Waals surface area contributed by atoms with Gasteiger partial charge in [-0.05, 0) is 58.1 Å². The van der Waals surface area contributed by atoms with Gasteiger partial charge in [-0.15, -0.1) is 0 Å². The van der Waals surface area contributed by atoms with Crippen LogP contribution in [0.1, 0.15) is 62.6 Å². The van der Waals surface area contributed by atoms with Crippen molar-refractivity contribution in [1.29, 1.82) is 0 Å². The molecule has 0 unspecified atom stereocenters. The molecule has 1 aliphatic carbocycles. The van der Waals surface area contributed by atoms with Crippen LogP contribution in [-0.2, 0) is 14.0 Å². The quantitative estimate of drug-likeness (QED) is 0.632. The first-order chi connectivity index (χ1) is 10.2. The van der Waals surface area contributed by atoms with Crippen molar-refractivity contribution in [3.63, 3.8) is 0 Å². The molecule has 0 spiro atoms. The highest BCUT2D eigenvalue weighted by atomic mass is 16.7. The van der Waals surface area contributed by atoms with Crippen LogP contribution in [0.3, 0.4) is 0 Å². The average Bonchev–Trinajstić information content (AvgIpc) is 3.26. The molecule has 6 heteroatoms. The van der Waals surface area contributed by atoms with Gasteiger partial charge in [-0.2, -0.15) is 0 Å². The maximum absolute atomic E-state index is 11.9. The summed E-state index contributed by atoms with van der Waals surface area (Å²) < 4.78 is 17.0. The Morgan fingerprint density at radius 1 is 1.23 bits per heavy atom. The molecule has 0 N–H and O–H groups in total. The molecule has 1 aromatic heterocycles. The number of methoxy groups -OCH3 is 1. The van der Waals surface area contributed by atoms with Crippen molar-refractivity contribution in [3.8, 4) is 0 Å². The molecule has 22 heavy (non-hydrogen) atoms. The lowest BCUT2D eigenvalue weighted by Gasteiger charge is -2.32. The normalized spacial score (nSPS) is 22.7. The second-order valence-electron chi connectivity index (χ2n) is 7.06. The van der Waals surface area contributed by atoms with Crippen LogP contribution in [-0.4, -0.2) is 36.4 Å². The van der Waals surface area contributed by atoms with Gasteiger partial charge in [0.2, 0.25) is 0 Å². The largest absolute Gasteiger partial charge is 0.494 e. The molecule has 5 nitrogen and oxygen atoms in total. The van der Waals surface area contributed by atoms with Crippen LogP contribution >= 0.6 is 0 Å². The number of carbonyl (C=O) groups is 1. The highest BCUT2D eigenvalue weighted by molar-refractivity contribution is 6.62. The Morgan fingerprint density at radius 3 is 2.32 bits per heavy atom. The van der Waals surface area contributed by atoms with Crippen LogP contribution < -0.4 is 5.46 Å². The third-order valence-corrected chi connectivity index (χ3v) is 4.78. The summed E-state index contributed by atoms with van der Waals surface area (Å²) in [6.07, 6.45) is 2.22. The summed E-state index contributed by atoms with van der Waals surface area (Å²) in [4.78, 5) is 16.3. The standard InChI is InChI=1S/C16H22BNO4/c1-15(2)16(3,4)22-17(21-15)11-8-12(10-6-7-10)18-13(9-11)14(19)20-5/h8-10H,6-7H2,1-5H3. The van der Waals surface area contributed by atoms with Crippen molar-refractivity contribution in [2.75, 3.05) is 7.11 Å². The van der Waals surface area contributed by atoms with E-state index in [1.165, 1.54) is 7.11 Å². The minimum absolute atomic E-state index is 0.316. The Bertz CT molecular complexity index is 594. The maximum Gasteiger partial charge on any atom is 0.494 e. The molecule has 0 bridgehead atoms. The number of rotatable bonds is 3. The lowest BCUT2D eigenvalue weighted by Crippen LogP contribution is -2.41. The Hall–Kier alpha value is -1.40. The Kier molecular flexibility index (Phi) is 3.57. The molecule has 2 fully saturated rings. The molecule has 3 rings (SSSR count). The van der Waals surface area contributed by atoms with Crippen molar-refractivity contribution in [2.45, 2.75) is 57.7 Å². The maximum atomic E-state index is 11.9. The molecule has 0 amide bonds. The number of esters is 1. The molecule has 2 heterocycles. The fourth-order valence-corrected chi connectivity index (χ4v) is 2.49. The first-order valence-corrected chi connectivity index (χ1v) is 7.69. The van der Waals surface area contributed by atoms with Crippen molar-refractivity contribution in [3.05, 3.63) is 23.5 Å². The van der Waals surface area contributed by atoms with E-state index in [1.54, 1.807) is 6.07 Å². The molecule has 0 aromatic carbocycles. The molecular weight excluding hydrogens is 281 g/mol. The third-order valence-electron chi connectivity index (χ3n) is 4.78. The van der Waals surface area contributed by atoms with Gasteiger partial charge in [-0.25, -0.2) is 9.78 Å². The van der Waals surface area contributed by atoms with Crippen LogP contribution in [0.5, 0.6) is 0 Å². The lowest BCUT2D eigenvalue weighted by molar-refractivity contribution is 0.00578. The number of pyridine rings is 1. The number of carbonyl (C=O) groups excluding carboxylic acids is 1. The SMILES string of the molecule is COC(=O)c1cc(B2OC(C)(C)C(C)(C)O2)cc(C2CC2)n1. The van der Waals surface area contributed by atoms with E-state index in [-0.39, 0.29) is 0 Å². The third kappa shape index (κ3) is 2.65. The van der Waals surface area contributed by atoms with E-state index in [9.17, 15) is 4.79 Å². The summed E-state index contributed by atoms with van der Waals surface area (Å²) in [5, 5.41) is 0. The number of nitrogens with zero attached hydrogens (tertiary/aromatic N) is 1. The topological polar surface area (TPSA) is 57.7 Å². The van der Waals surface area contributed by atoms with E-state index < -0.39 is 24.3 Å². The Balaban J connectivity index is 1.97. The van der Waals surface area contributed by atoms with Gasteiger partial charge in [0.05, 0.1) is 18.3 Å². The smallest absolute Gasteiger partial charge is 0.464 e. The molecule has 0 atom stereocenters. The van der Waals surface area contributed by atoms with Gasteiger partial charge in [0.1, 0.15) is 5.69 Å². The molecule has 2 aliphatic rings. The summed E-state index contributed by atoms with van der Waals surface area (Å²) in [6, 6.07) is 3.70. The Morgan fingerprint density at radius 2 is 1.82 bits per heavy atom. The van der Waals surface area contributed by atoms with Gasteiger partial charge in [0.15, 0.2) is 0 Å². The molecule has 1 aromatic rings. The van der Waals surface area contributed by atoms with Crippen molar-refractivity contribution < 1.29 is 18.8 Å². The van der Waals surface area contributed by atoms with Gasteiger partial charge in [-0.3, -0.25) is 0 Å². The summed E-state index contributed by atoms with van der Waals surface area (Å²) in [5.74, 6) is 0.00560. The fraction of sp³-hybridized carbons (Fsp3) is 0.625. The van der Waals surface area contributed by atoms with E-state index in [4.69, 9.17) is 14.0 Å². The predicted octanol–water partition coefficient (Wildman–Crippen LogP) is 2.04. The van der Waals surface area contributed by atoms with E-state index in [0.717, 1.165) is 24.0 Å². The fourth-order valence-electron chi connectivity index (χ4n) is 2.49. The molecule has 0 radical (unpaired) electrons. The van der Waals surface area contributed by atoms with Crippen LogP contribution in [0.25, 0.3) is 0 Å². The summed E-state index contributed by atoms with van der Waals surface area (Å²) in [6.45, 7) is 8.04. The van der Waals surface area contributed by atoms with Gasteiger partial charge in [0.25, 0.3) is 0 Å². The molecule has 118 valence electrons. The molecule has 1 saturated carbocycles. The highest BCUT2D eigenvalue weighted by Gasteiger charge is 2.52. The highest BCUT2D eigenvalue weighted by Crippen LogP contribution is 2.40. The van der Waals surface area contributed by atoms with Crippen molar-refractivity contribution in [2.24, 2.45) is 0 Å². The summed E-state index contributed by atoms with van der Waals surface area (Å²) in [5.41, 5.74) is 1.25. The number of hydrogen-bond donors (Lipinski definition) is 0. The number of hydrogen-bond acceptors (Lipinski definition) is 5. The van der Waals surface area contributed by atoms with E-state index in [0.29, 0.717) is 11.6 Å². The van der Waals surface area contributed by atoms with Gasteiger partial charge >= 0.3 is 13.1 Å². The summed E-state index contributed by atoms with van der Waals surface area (Å²) >= 11 is 0. The second-order valence-corrected chi connectivity index (χ2v) is 7.06. The van der Waals surface area contributed by atoms with Crippen LogP contribution in [0.4, 0.5) is 0 Å². The lowest BCUT2D eigenvalue weighted by atomic mass is 9.78. The second kappa shape index (κ2) is 5.06. The zero-order chi connectivity index (χ0) is 16.1. The molecule has 1 saturated heterocycles. The van der Waals surface area contributed by atoms with Gasteiger partial charge < -0.3 is 14.0 Å². The number of aromatic nitrogens is 1. The average molecular weight is 303 g/mol. The van der Waals surface area contributed by atoms with Crippen molar-refractivity contribution in [1.82, 2.24) is 4.98 Å². The van der Waals surface area contributed by atoms with E-state index in [2.05, 4.69) is 4.98 Å². The van der Waals surface area contributed by atoms with Gasteiger partial charge in [0, 0.05) is 11.6 Å². The van der Waals surface area contributed by atoms with Crippen LogP contribution in [0.15, 0.2) is 12.1 Å². The van der Waals surface area contributed by atoms with Gasteiger partial charge in [-0.1, -0.05) is 0 Å². The minimum atomic E-state index is -0.492. The Labute approximate surface area is 131 Å². The molecular formula is C16H22BNO4. The number of ether oxygens (including phenoxy) is 1. The predicted molar refractivity (Wildman–Crippen MR) is 83.3 cm³/mol. The summed E-state index contributed by atoms with van der Waals surface area (Å²) in [7, 11) is 0.872. The minimum Gasteiger partial charge on any atom is -0.464 e. The monoisotopic (exact) mass is 303 g/mol. The van der Waals surface area contributed by atoms with E-state index >= 15 is 0 Å². The first kappa shape index (κ1) is 15.5. The zero-order valence-corrected chi connectivity index (χ0v) is 13.8.